The van der Waals surface area contributed by atoms with Crippen molar-refractivity contribution in [1.82, 2.24) is 0 Å². The number of hydrogen-bond acceptors (Lipinski definition) is 4. The van der Waals surface area contributed by atoms with Gasteiger partial charge in [0.15, 0.2) is 0 Å². The first-order valence-electron chi connectivity index (χ1n) is 5.20. The lowest BCUT2D eigenvalue weighted by Crippen LogP contribution is -2.18. The Bertz CT molecular complexity index is 612. The van der Waals surface area contributed by atoms with Crippen LogP contribution >= 0.6 is 11.6 Å². The van der Waals surface area contributed by atoms with Crippen molar-refractivity contribution < 1.29 is 23.1 Å². The number of benzene rings is 1. The highest BCUT2D eigenvalue weighted by molar-refractivity contribution is 7.90. The van der Waals surface area contributed by atoms with Crippen molar-refractivity contribution in [3.05, 3.63) is 28.8 Å². The molecule has 0 saturated heterocycles. The monoisotopic (exact) mass is 305 g/mol. The van der Waals surface area contributed by atoms with Crippen molar-refractivity contribution in [1.29, 1.82) is 0 Å². The van der Waals surface area contributed by atoms with Gasteiger partial charge < -0.3 is 10.4 Å². The molecule has 1 rings (SSSR count). The first-order chi connectivity index (χ1) is 8.70. The van der Waals surface area contributed by atoms with E-state index in [1.165, 1.54) is 18.2 Å². The van der Waals surface area contributed by atoms with Crippen molar-refractivity contribution in [2.45, 2.75) is 6.42 Å². The third-order valence-electron chi connectivity index (χ3n) is 2.21. The van der Waals surface area contributed by atoms with Crippen LogP contribution in [-0.4, -0.2) is 37.4 Å². The molecule has 1 aromatic rings. The Balaban J connectivity index is 2.88. The maximum absolute atomic E-state index is 11.6. The second-order valence-corrected chi connectivity index (χ2v) is 6.56. The molecule has 0 unspecified atom stereocenters. The van der Waals surface area contributed by atoms with Crippen LogP contribution in [0.4, 0.5) is 5.69 Å². The number of carboxylic acid groups (broad SMARTS) is 1. The van der Waals surface area contributed by atoms with Crippen molar-refractivity contribution in [3.8, 4) is 0 Å². The van der Waals surface area contributed by atoms with E-state index in [2.05, 4.69) is 5.32 Å². The van der Waals surface area contributed by atoms with Gasteiger partial charge in [0, 0.05) is 12.7 Å². The lowest BCUT2D eigenvalue weighted by atomic mass is 10.1. The van der Waals surface area contributed by atoms with E-state index in [-0.39, 0.29) is 28.4 Å². The molecular formula is C11H12ClNO5S. The Kier molecular flexibility index (Phi) is 4.90. The molecule has 0 aliphatic rings. The van der Waals surface area contributed by atoms with Crippen molar-refractivity contribution >= 4 is 39.0 Å². The molecule has 104 valence electrons. The molecule has 0 spiro atoms. The zero-order chi connectivity index (χ0) is 14.6. The molecule has 1 aromatic carbocycles. The highest BCUT2D eigenvalue weighted by Crippen LogP contribution is 2.26. The average Bonchev–Trinajstić information content (AvgIpc) is 2.28. The fraction of sp³-hybridized carbons (Fsp3) is 0.273. The number of amides is 1. The molecule has 2 N–H and O–H groups in total. The number of anilines is 1. The summed E-state index contributed by atoms with van der Waals surface area (Å²) in [6.07, 6.45) is 0.752. The summed E-state index contributed by atoms with van der Waals surface area (Å²) < 4.78 is 21.9. The van der Waals surface area contributed by atoms with Gasteiger partial charge >= 0.3 is 5.97 Å². The number of nitrogens with one attached hydrogen (secondary N) is 1. The van der Waals surface area contributed by atoms with E-state index in [4.69, 9.17) is 16.7 Å². The lowest BCUT2D eigenvalue weighted by molar-refractivity contribution is -0.115. The van der Waals surface area contributed by atoms with Crippen molar-refractivity contribution in [3.63, 3.8) is 0 Å². The molecule has 0 atom stereocenters. The summed E-state index contributed by atoms with van der Waals surface area (Å²) in [7, 11) is -3.26. The molecule has 0 aliphatic heterocycles. The maximum atomic E-state index is 11.6. The predicted octanol–water partition coefficient (Wildman–Crippen LogP) is 1.41. The van der Waals surface area contributed by atoms with E-state index < -0.39 is 21.7 Å². The summed E-state index contributed by atoms with van der Waals surface area (Å²) in [6, 6.07) is 4.17. The smallest absolute Gasteiger partial charge is 0.337 e. The van der Waals surface area contributed by atoms with Crippen LogP contribution in [0.1, 0.15) is 16.8 Å². The van der Waals surface area contributed by atoms with E-state index >= 15 is 0 Å². The number of sulfone groups is 1. The zero-order valence-electron chi connectivity index (χ0n) is 10.0. The molecule has 8 heteroatoms. The van der Waals surface area contributed by atoms with E-state index in [0.717, 1.165) is 6.26 Å². The fourth-order valence-corrected chi connectivity index (χ4v) is 2.09. The maximum Gasteiger partial charge on any atom is 0.337 e. The molecule has 0 bridgehead atoms. The van der Waals surface area contributed by atoms with Crippen LogP contribution in [0.3, 0.4) is 0 Å². The first kappa shape index (κ1) is 15.5. The summed E-state index contributed by atoms with van der Waals surface area (Å²) in [6.45, 7) is 0. The van der Waals surface area contributed by atoms with Gasteiger partial charge in [0.05, 0.1) is 22.0 Å². The fourth-order valence-electron chi connectivity index (χ4n) is 1.31. The third-order valence-corrected chi connectivity index (χ3v) is 3.47. The largest absolute Gasteiger partial charge is 0.478 e. The molecule has 6 nitrogen and oxygen atoms in total. The van der Waals surface area contributed by atoms with Crippen molar-refractivity contribution in [2.24, 2.45) is 0 Å². The van der Waals surface area contributed by atoms with Crippen LogP contribution in [0.15, 0.2) is 18.2 Å². The Morgan fingerprint density at radius 2 is 2.00 bits per heavy atom. The number of rotatable bonds is 5. The van der Waals surface area contributed by atoms with Gasteiger partial charge in [-0.15, -0.1) is 0 Å². The molecule has 0 fully saturated rings. The summed E-state index contributed by atoms with van der Waals surface area (Å²) >= 11 is 5.81. The normalized spacial score (nSPS) is 11.1. The quantitative estimate of drug-likeness (QED) is 0.856. The second-order valence-electron chi connectivity index (χ2n) is 3.90. The number of carboxylic acids is 1. The Morgan fingerprint density at radius 3 is 2.53 bits per heavy atom. The minimum atomic E-state index is -3.26. The Morgan fingerprint density at radius 1 is 1.37 bits per heavy atom. The number of halogens is 1. The van der Waals surface area contributed by atoms with Crippen LogP contribution < -0.4 is 5.32 Å². The topological polar surface area (TPSA) is 101 Å². The van der Waals surface area contributed by atoms with Crippen LogP contribution in [0.5, 0.6) is 0 Å². The second kappa shape index (κ2) is 6.03. The molecule has 0 radical (unpaired) electrons. The third kappa shape index (κ3) is 4.88. The van der Waals surface area contributed by atoms with Crippen LogP contribution in [0.25, 0.3) is 0 Å². The van der Waals surface area contributed by atoms with Gasteiger partial charge in [-0.1, -0.05) is 17.7 Å². The number of hydrogen-bond donors (Lipinski definition) is 2. The molecular weight excluding hydrogens is 294 g/mol. The van der Waals surface area contributed by atoms with E-state index in [1.54, 1.807) is 0 Å². The van der Waals surface area contributed by atoms with Crippen LogP contribution in [0.2, 0.25) is 5.02 Å². The van der Waals surface area contributed by atoms with E-state index in [9.17, 15) is 18.0 Å². The molecule has 0 aliphatic carbocycles. The predicted molar refractivity (Wildman–Crippen MR) is 71.4 cm³/mol. The molecule has 19 heavy (non-hydrogen) atoms. The SMILES string of the molecule is CS(=O)(=O)CCC(=O)Nc1c(Cl)cccc1C(=O)O. The number of carbonyl (C=O) groups excluding carboxylic acids is 1. The average molecular weight is 306 g/mol. The lowest BCUT2D eigenvalue weighted by Gasteiger charge is -2.10. The summed E-state index contributed by atoms with van der Waals surface area (Å²) in [5.41, 5.74) is -0.185. The van der Waals surface area contributed by atoms with Gasteiger partial charge in [0.25, 0.3) is 0 Å². The summed E-state index contributed by atoms with van der Waals surface area (Å²) in [5, 5.41) is 11.3. The van der Waals surface area contributed by atoms with Crippen LogP contribution in [-0.2, 0) is 14.6 Å². The van der Waals surface area contributed by atoms with Gasteiger partial charge in [-0.05, 0) is 12.1 Å². The van der Waals surface area contributed by atoms with E-state index in [0.29, 0.717) is 0 Å². The number of aromatic carboxylic acids is 1. The highest BCUT2D eigenvalue weighted by Gasteiger charge is 2.16. The Hall–Kier alpha value is -1.60. The van der Waals surface area contributed by atoms with Crippen molar-refractivity contribution in [2.75, 3.05) is 17.3 Å². The van der Waals surface area contributed by atoms with Gasteiger partial charge in [-0.3, -0.25) is 4.79 Å². The summed E-state index contributed by atoms with van der Waals surface area (Å²) in [5.74, 6) is -2.16. The molecule has 1 amide bonds. The first-order valence-corrected chi connectivity index (χ1v) is 7.64. The standard InChI is InChI=1S/C11H12ClNO5S/c1-19(17,18)6-5-9(14)13-10-7(11(15)16)3-2-4-8(10)12/h2-4H,5-6H2,1H3,(H,13,14)(H,15,16). The van der Waals surface area contributed by atoms with Gasteiger partial charge in [0.2, 0.25) is 5.91 Å². The molecule has 0 saturated carbocycles. The summed E-state index contributed by atoms with van der Waals surface area (Å²) in [4.78, 5) is 22.5. The molecule has 0 aromatic heterocycles. The zero-order valence-corrected chi connectivity index (χ0v) is 11.6. The minimum absolute atomic E-state index is 0.0323. The number of para-hydroxylation sites is 1. The van der Waals surface area contributed by atoms with Gasteiger partial charge in [-0.25, -0.2) is 13.2 Å². The van der Waals surface area contributed by atoms with Gasteiger partial charge in [-0.2, -0.15) is 0 Å². The van der Waals surface area contributed by atoms with E-state index in [1.807, 2.05) is 0 Å². The van der Waals surface area contributed by atoms with Gasteiger partial charge in [0.1, 0.15) is 9.84 Å². The Labute approximate surface area is 115 Å². The minimum Gasteiger partial charge on any atom is -0.478 e. The van der Waals surface area contributed by atoms with Crippen LogP contribution in [0, 0.1) is 0 Å². The number of carbonyl (C=O) groups is 2. The molecule has 0 heterocycles. The highest BCUT2D eigenvalue weighted by atomic mass is 35.5.